The van der Waals surface area contributed by atoms with Crippen LogP contribution in [0.3, 0.4) is 0 Å². The number of thiophene rings is 1. The zero-order chi connectivity index (χ0) is 21.9. The molecule has 166 valence electrons. The summed E-state index contributed by atoms with van der Waals surface area (Å²) in [6, 6.07) is 13.3. The Balaban J connectivity index is 0.00000155. The maximum absolute atomic E-state index is 12.3. The first-order valence-electron chi connectivity index (χ1n) is 11.1. The van der Waals surface area contributed by atoms with Crippen molar-refractivity contribution in [3.8, 4) is 0 Å². The van der Waals surface area contributed by atoms with Gasteiger partial charge in [-0.2, -0.15) is 0 Å². The summed E-state index contributed by atoms with van der Waals surface area (Å²) in [5.74, 6) is 0.116. The molecule has 1 amide bonds. The van der Waals surface area contributed by atoms with Gasteiger partial charge in [-0.3, -0.25) is 14.6 Å². The van der Waals surface area contributed by atoms with Gasteiger partial charge in [-0.25, -0.2) is 0 Å². The summed E-state index contributed by atoms with van der Waals surface area (Å²) >= 11 is 5.08. The van der Waals surface area contributed by atoms with Gasteiger partial charge in [0.05, 0.1) is 10.2 Å². The number of nitrogens with one attached hydrogen (secondary N) is 1. The molecule has 0 spiro atoms. The molecule has 2 heterocycles. The van der Waals surface area contributed by atoms with Crippen LogP contribution in [0.4, 0.5) is 0 Å². The standard InChI is InChI=1S/C22H30BrN3OS.C2H6/c1-3-19(15-24-22(27)14-20-8-9-21(23)28-20)26-12-10-25(11-13-26)16-18-6-4-17(2)5-7-18;1-2/h4-9,19H,3,10-16H2,1-2H3,(H,24,27);1-2H3. The molecule has 1 unspecified atom stereocenters. The Kier molecular flexibility index (Phi) is 11.1. The molecule has 0 radical (unpaired) electrons. The lowest BCUT2D eigenvalue weighted by atomic mass is 10.1. The minimum absolute atomic E-state index is 0.116. The summed E-state index contributed by atoms with van der Waals surface area (Å²) in [5, 5.41) is 3.14. The molecule has 0 aliphatic carbocycles. The third-order valence-corrected chi connectivity index (χ3v) is 7.04. The summed E-state index contributed by atoms with van der Waals surface area (Å²) in [6.45, 7) is 14.4. The zero-order valence-corrected chi connectivity index (χ0v) is 21.2. The first-order valence-corrected chi connectivity index (χ1v) is 12.7. The lowest BCUT2D eigenvalue weighted by Crippen LogP contribution is -2.52. The smallest absolute Gasteiger partial charge is 0.225 e. The van der Waals surface area contributed by atoms with Crippen LogP contribution in [-0.2, 0) is 17.8 Å². The second-order valence-electron chi connectivity index (χ2n) is 7.55. The highest BCUT2D eigenvalue weighted by Gasteiger charge is 2.23. The molecule has 1 atom stereocenters. The van der Waals surface area contributed by atoms with E-state index in [2.05, 4.69) is 69.2 Å². The third-order valence-electron chi connectivity index (χ3n) is 5.42. The van der Waals surface area contributed by atoms with Crippen LogP contribution >= 0.6 is 27.3 Å². The van der Waals surface area contributed by atoms with Crippen molar-refractivity contribution in [3.05, 3.63) is 56.2 Å². The van der Waals surface area contributed by atoms with Crippen molar-refractivity contribution in [1.29, 1.82) is 0 Å². The Morgan fingerprint density at radius 3 is 2.33 bits per heavy atom. The van der Waals surface area contributed by atoms with Gasteiger partial charge in [0.1, 0.15) is 0 Å². The average Bonchev–Trinajstić information content (AvgIpc) is 3.17. The van der Waals surface area contributed by atoms with Gasteiger partial charge in [0.15, 0.2) is 0 Å². The largest absolute Gasteiger partial charge is 0.354 e. The number of carbonyl (C=O) groups excluding carboxylic acids is 1. The number of piperazine rings is 1. The van der Waals surface area contributed by atoms with E-state index >= 15 is 0 Å². The van der Waals surface area contributed by atoms with E-state index in [1.54, 1.807) is 11.3 Å². The summed E-state index contributed by atoms with van der Waals surface area (Å²) in [6.07, 6.45) is 1.53. The van der Waals surface area contributed by atoms with Crippen molar-refractivity contribution < 1.29 is 4.79 Å². The minimum atomic E-state index is 0.116. The minimum Gasteiger partial charge on any atom is -0.354 e. The molecule has 4 nitrogen and oxygen atoms in total. The number of benzene rings is 1. The van der Waals surface area contributed by atoms with Crippen molar-refractivity contribution in [2.75, 3.05) is 32.7 Å². The quantitative estimate of drug-likeness (QED) is 0.555. The molecule has 30 heavy (non-hydrogen) atoms. The average molecular weight is 495 g/mol. The van der Waals surface area contributed by atoms with Gasteiger partial charge in [0.25, 0.3) is 0 Å². The monoisotopic (exact) mass is 493 g/mol. The topological polar surface area (TPSA) is 35.6 Å². The highest BCUT2D eigenvalue weighted by Crippen LogP contribution is 2.22. The molecule has 1 saturated heterocycles. The van der Waals surface area contributed by atoms with Gasteiger partial charge in [-0.1, -0.05) is 50.6 Å². The first kappa shape index (κ1) is 25.1. The third kappa shape index (κ3) is 8.14. The number of nitrogens with zero attached hydrogens (tertiary/aromatic N) is 2. The molecule has 1 fully saturated rings. The molecule has 1 N–H and O–H groups in total. The van der Waals surface area contributed by atoms with Gasteiger partial charge < -0.3 is 5.32 Å². The van der Waals surface area contributed by atoms with Gasteiger partial charge in [0, 0.05) is 50.2 Å². The van der Waals surface area contributed by atoms with Crippen LogP contribution in [0.15, 0.2) is 40.2 Å². The van der Waals surface area contributed by atoms with Gasteiger partial charge >= 0.3 is 0 Å². The molecule has 0 saturated carbocycles. The van der Waals surface area contributed by atoms with Crippen molar-refractivity contribution in [1.82, 2.24) is 15.1 Å². The number of hydrogen-bond donors (Lipinski definition) is 1. The van der Waals surface area contributed by atoms with Crippen LogP contribution in [0.1, 0.15) is 43.2 Å². The van der Waals surface area contributed by atoms with E-state index in [0.29, 0.717) is 12.5 Å². The van der Waals surface area contributed by atoms with E-state index < -0.39 is 0 Å². The van der Waals surface area contributed by atoms with Crippen molar-refractivity contribution in [3.63, 3.8) is 0 Å². The Bertz CT molecular complexity index is 754. The van der Waals surface area contributed by atoms with Crippen LogP contribution in [0, 0.1) is 6.92 Å². The van der Waals surface area contributed by atoms with Crippen molar-refractivity contribution in [2.24, 2.45) is 0 Å². The maximum Gasteiger partial charge on any atom is 0.225 e. The molecule has 1 aromatic carbocycles. The van der Waals surface area contributed by atoms with E-state index in [-0.39, 0.29) is 5.91 Å². The van der Waals surface area contributed by atoms with Crippen LogP contribution in [-0.4, -0.2) is 54.5 Å². The molecule has 1 aromatic heterocycles. The fourth-order valence-corrected chi connectivity index (χ4v) is 5.15. The summed E-state index contributed by atoms with van der Waals surface area (Å²) in [5.41, 5.74) is 2.70. The predicted octanol–water partition coefficient (Wildman–Crippen LogP) is 5.10. The highest BCUT2D eigenvalue weighted by molar-refractivity contribution is 9.11. The summed E-state index contributed by atoms with van der Waals surface area (Å²) in [7, 11) is 0. The molecule has 3 rings (SSSR count). The van der Waals surface area contributed by atoms with Crippen LogP contribution in [0.5, 0.6) is 0 Å². The first-order chi connectivity index (χ1) is 14.5. The lowest BCUT2D eigenvalue weighted by molar-refractivity contribution is -0.120. The number of rotatable bonds is 8. The van der Waals surface area contributed by atoms with E-state index in [9.17, 15) is 4.79 Å². The highest BCUT2D eigenvalue weighted by atomic mass is 79.9. The molecule has 0 bridgehead atoms. The SMILES string of the molecule is CC.CCC(CNC(=O)Cc1ccc(Br)s1)N1CCN(Cc2ccc(C)cc2)CC1. The van der Waals surface area contributed by atoms with Crippen LogP contribution < -0.4 is 5.32 Å². The fraction of sp³-hybridized carbons (Fsp3) is 0.542. The number of aryl methyl sites for hydroxylation is 1. The number of amides is 1. The summed E-state index contributed by atoms with van der Waals surface area (Å²) in [4.78, 5) is 18.4. The van der Waals surface area contributed by atoms with Crippen LogP contribution in [0.25, 0.3) is 0 Å². The molecular formula is C24H36BrN3OS. The molecule has 1 aliphatic rings. The number of carbonyl (C=O) groups is 1. The number of hydrogen-bond acceptors (Lipinski definition) is 4. The Morgan fingerprint density at radius 2 is 1.77 bits per heavy atom. The lowest BCUT2D eigenvalue weighted by Gasteiger charge is -2.39. The Morgan fingerprint density at radius 1 is 1.10 bits per heavy atom. The van der Waals surface area contributed by atoms with Gasteiger partial charge in [0.2, 0.25) is 5.91 Å². The number of halogens is 1. The zero-order valence-electron chi connectivity index (χ0n) is 18.8. The van der Waals surface area contributed by atoms with Gasteiger partial charge in [-0.15, -0.1) is 11.3 Å². The van der Waals surface area contributed by atoms with E-state index in [4.69, 9.17) is 0 Å². The van der Waals surface area contributed by atoms with Crippen molar-refractivity contribution >= 4 is 33.2 Å². The van der Waals surface area contributed by atoms with E-state index in [1.165, 1.54) is 11.1 Å². The predicted molar refractivity (Wildman–Crippen MR) is 132 cm³/mol. The molecule has 6 heteroatoms. The molecular weight excluding hydrogens is 458 g/mol. The van der Waals surface area contributed by atoms with Crippen molar-refractivity contribution in [2.45, 2.75) is 53.1 Å². The Hall–Kier alpha value is -1.21. The molecule has 2 aromatic rings. The van der Waals surface area contributed by atoms with E-state index in [1.807, 2.05) is 26.0 Å². The fourth-order valence-electron chi connectivity index (χ4n) is 3.67. The molecule has 1 aliphatic heterocycles. The normalized spacial score (nSPS) is 15.9. The summed E-state index contributed by atoms with van der Waals surface area (Å²) < 4.78 is 1.07. The van der Waals surface area contributed by atoms with Crippen LogP contribution in [0.2, 0.25) is 0 Å². The second kappa shape index (κ2) is 13.3. The Labute approximate surface area is 194 Å². The second-order valence-corrected chi connectivity index (χ2v) is 10.1. The maximum atomic E-state index is 12.3. The van der Waals surface area contributed by atoms with Gasteiger partial charge in [-0.05, 0) is 47.0 Å². The van der Waals surface area contributed by atoms with E-state index in [0.717, 1.165) is 54.4 Å².